The van der Waals surface area contributed by atoms with Gasteiger partial charge in [0, 0.05) is 13.0 Å². The van der Waals surface area contributed by atoms with E-state index in [0.29, 0.717) is 12.1 Å². The molecular formula is C14H12ClF3N2O. The van der Waals surface area contributed by atoms with E-state index >= 15 is 0 Å². The maximum absolute atomic E-state index is 12.5. The van der Waals surface area contributed by atoms with Crippen molar-refractivity contribution < 1.29 is 18.0 Å². The van der Waals surface area contributed by atoms with Crippen molar-refractivity contribution in [2.75, 3.05) is 0 Å². The molecule has 0 saturated heterocycles. The van der Waals surface area contributed by atoms with Crippen LogP contribution in [0.2, 0.25) is 5.02 Å². The summed E-state index contributed by atoms with van der Waals surface area (Å²) in [5, 5.41) is 4.20. The highest BCUT2D eigenvalue weighted by Gasteiger charge is 2.30. The zero-order valence-electron chi connectivity index (χ0n) is 11.1. The number of alkyl halides is 3. The fourth-order valence-corrected chi connectivity index (χ4v) is 2.21. The Kier molecular flexibility index (Phi) is 4.37. The number of hydrogen-bond donors (Lipinski definition) is 0. The first-order valence-corrected chi connectivity index (χ1v) is 6.61. The number of nitrogens with zero attached hydrogens (tertiary/aromatic N) is 2. The second-order valence-corrected chi connectivity index (χ2v) is 4.86. The molecule has 0 aliphatic heterocycles. The van der Waals surface area contributed by atoms with Crippen molar-refractivity contribution in [3.05, 3.63) is 52.3 Å². The van der Waals surface area contributed by atoms with Crippen LogP contribution in [-0.2, 0) is 19.1 Å². The van der Waals surface area contributed by atoms with Crippen molar-refractivity contribution in [2.45, 2.75) is 26.1 Å². The highest BCUT2D eigenvalue weighted by atomic mass is 35.5. The van der Waals surface area contributed by atoms with Crippen molar-refractivity contribution in [1.29, 1.82) is 0 Å². The quantitative estimate of drug-likeness (QED) is 0.799. The first-order chi connectivity index (χ1) is 9.82. The van der Waals surface area contributed by atoms with E-state index in [-0.39, 0.29) is 22.9 Å². The van der Waals surface area contributed by atoms with Crippen LogP contribution in [0, 0.1) is 0 Å². The van der Waals surface area contributed by atoms with Crippen LogP contribution in [0.25, 0.3) is 0 Å². The molecule has 0 aliphatic rings. The summed E-state index contributed by atoms with van der Waals surface area (Å²) in [7, 11) is 0. The number of ketones is 1. The Bertz CT molecular complexity index is 647. The van der Waals surface area contributed by atoms with Crippen LogP contribution in [-0.4, -0.2) is 15.6 Å². The monoisotopic (exact) mass is 316 g/mol. The van der Waals surface area contributed by atoms with Crippen LogP contribution in [0.3, 0.4) is 0 Å². The lowest BCUT2D eigenvalue weighted by atomic mass is 10.0. The molecule has 0 fully saturated rings. The van der Waals surface area contributed by atoms with E-state index in [4.69, 9.17) is 11.6 Å². The topological polar surface area (TPSA) is 34.9 Å². The Hall–Kier alpha value is -1.82. The highest BCUT2D eigenvalue weighted by Crippen LogP contribution is 2.29. The number of carbonyl (C=O) groups is 1. The normalized spacial score (nSPS) is 11.7. The molecule has 0 bridgehead atoms. The molecular weight excluding hydrogens is 305 g/mol. The molecule has 3 nitrogen and oxygen atoms in total. The minimum atomic E-state index is -4.38. The number of Topliss-reactive ketones (excluding diaryl/α,β-unsaturated/α-hetero) is 1. The van der Waals surface area contributed by atoms with Gasteiger partial charge in [-0.05, 0) is 24.6 Å². The molecule has 0 atom stereocenters. The molecule has 21 heavy (non-hydrogen) atoms. The Labute approximate surface area is 124 Å². The molecule has 0 aliphatic carbocycles. The van der Waals surface area contributed by atoms with Gasteiger partial charge >= 0.3 is 6.18 Å². The largest absolute Gasteiger partial charge is 0.416 e. The minimum Gasteiger partial charge on any atom is -0.292 e. The van der Waals surface area contributed by atoms with Gasteiger partial charge in [0.05, 0.1) is 16.8 Å². The number of halogens is 4. The average Bonchev–Trinajstić information content (AvgIpc) is 2.79. The molecule has 0 amide bonds. The second kappa shape index (κ2) is 5.89. The van der Waals surface area contributed by atoms with Gasteiger partial charge in [-0.25, -0.2) is 0 Å². The van der Waals surface area contributed by atoms with E-state index in [9.17, 15) is 18.0 Å². The van der Waals surface area contributed by atoms with Gasteiger partial charge in [0.2, 0.25) is 0 Å². The van der Waals surface area contributed by atoms with Crippen molar-refractivity contribution in [2.24, 2.45) is 0 Å². The predicted octanol–water partition coefficient (Wildman–Crippen LogP) is 4.00. The van der Waals surface area contributed by atoms with Crippen LogP contribution in [0.4, 0.5) is 13.2 Å². The summed E-state index contributed by atoms with van der Waals surface area (Å²) < 4.78 is 38.9. The van der Waals surface area contributed by atoms with Gasteiger partial charge in [0.1, 0.15) is 5.69 Å². The third-order valence-electron chi connectivity index (χ3n) is 3.00. The lowest BCUT2D eigenvalue weighted by molar-refractivity contribution is -0.137. The predicted molar refractivity (Wildman–Crippen MR) is 72.4 cm³/mol. The fourth-order valence-electron chi connectivity index (χ4n) is 1.96. The summed E-state index contributed by atoms with van der Waals surface area (Å²) in [6.45, 7) is 2.30. The second-order valence-electron chi connectivity index (χ2n) is 4.45. The van der Waals surface area contributed by atoms with E-state index < -0.39 is 11.7 Å². The van der Waals surface area contributed by atoms with Crippen molar-refractivity contribution in [3.63, 3.8) is 0 Å². The maximum Gasteiger partial charge on any atom is 0.416 e. The molecule has 2 rings (SSSR count). The number of hydrogen-bond acceptors (Lipinski definition) is 2. The molecule has 7 heteroatoms. The Morgan fingerprint density at radius 1 is 1.29 bits per heavy atom. The summed E-state index contributed by atoms with van der Waals surface area (Å²) in [5.74, 6) is -0.279. The van der Waals surface area contributed by atoms with Crippen LogP contribution in [0.5, 0.6) is 0 Å². The molecule has 2 aromatic rings. The summed E-state index contributed by atoms with van der Waals surface area (Å²) in [5.41, 5.74) is 0.0299. The number of rotatable bonds is 4. The molecule has 1 heterocycles. The molecule has 112 valence electrons. The molecule has 0 spiro atoms. The zero-order valence-corrected chi connectivity index (χ0v) is 11.9. The summed E-state index contributed by atoms with van der Waals surface area (Å²) >= 11 is 5.92. The molecule has 1 aromatic heterocycles. The fraction of sp³-hybridized carbons (Fsp3) is 0.286. The first-order valence-electron chi connectivity index (χ1n) is 6.23. The van der Waals surface area contributed by atoms with E-state index in [1.54, 1.807) is 0 Å². The van der Waals surface area contributed by atoms with Gasteiger partial charge in [0.15, 0.2) is 5.78 Å². The van der Waals surface area contributed by atoms with E-state index in [0.717, 1.165) is 12.1 Å². The minimum absolute atomic E-state index is 0.0243. The summed E-state index contributed by atoms with van der Waals surface area (Å²) in [4.78, 5) is 12.2. The number of carbonyl (C=O) groups excluding carboxylic acids is 1. The highest BCUT2D eigenvalue weighted by molar-refractivity contribution is 6.33. The Balaban J connectivity index is 2.18. The lowest BCUT2D eigenvalue weighted by Crippen LogP contribution is -2.12. The molecule has 0 N–H and O–H groups in total. The Morgan fingerprint density at radius 2 is 1.90 bits per heavy atom. The van der Waals surface area contributed by atoms with Gasteiger partial charge in [0.25, 0.3) is 0 Å². The molecule has 0 unspecified atom stereocenters. The number of aromatic nitrogens is 2. The van der Waals surface area contributed by atoms with Crippen molar-refractivity contribution >= 4 is 17.4 Å². The molecule has 0 saturated carbocycles. The maximum atomic E-state index is 12.5. The van der Waals surface area contributed by atoms with Crippen molar-refractivity contribution in [3.8, 4) is 0 Å². The van der Waals surface area contributed by atoms with Crippen molar-refractivity contribution in [1.82, 2.24) is 9.78 Å². The van der Waals surface area contributed by atoms with Crippen LogP contribution < -0.4 is 0 Å². The van der Waals surface area contributed by atoms with Gasteiger partial charge < -0.3 is 0 Å². The van der Waals surface area contributed by atoms with Gasteiger partial charge in [-0.15, -0.1) is 0 Å². The molecule has 1 aromatic carbocycles. The van der Waals surface area contributed by atoms with Gasteiger partial charge in [-0.2, -0.15) is 18.3 Å². The molecule has 0 radical (unpaired) electrons. The third kappa shape index (κ3) is 3.44. The van der Waals surface area contributed by atoms with Crippen LogP contribution in [0.1, 0.15) is 28.5 Å². The average molecular weight is 317 g/mol. The van der Waals surface area contributed by atoms with Crippen LogP contribution in [0.15, 0.2) is 30.5 Å². The van der Waals surface area contributed by atoms with E-state index in [1.807, 2.05) is 6.92 Å². The smallest absolute Gasteiger partial charge is 0.292 e. The summed E-state index contributed by atoms with van der Waals surface area (Å²) in [6, 6.07) is 4.51. The van der Waals surface area contributed by atoms with Gasteiger partial charge in [-0.1, -0.05) is 23.7 Å². The zero-order chi connectivity index (χ0) is 15.6. The SMILES string of the molecule is CCn1ncc(Cl)c1C(=O)Cc1ccc(C(F)(F)F)cc1. The van der Waals surface area contributed by atoms with E-state index in [2.05, 4.69) is 5.10 Å². The summed E-state index contributed by atoms with van der Waals surface area (Å²) in [6.07, 6.45) is -3.03. The Morgan fingerprint density at radius 3 is 2.43 bits per heavy atom. The van der Waals surface area contributed by atoms with Gasteiger partial charge in [-0.3, -0.25) is 9.48 Å². The third-order valence-corrected chi connectivity index (χ3v) is 3.28. The lowest BCUT2D eigenvalue weighted by Gasteiger charge is -2.08. The van der Waals surface area contributed by atoms with E-state index in [1.165, 1.54) is 23.0 Å². The number of aryl methyl sites for hydroxylation is 1. The van der Waals surface area contributed by atoms with Crippen LogP contribution >= 0.6 is 11.6 Å². The number of benzene rings is 1. The standard InChI is InChI=1S/C14H12ClF3N2O/c1-2-20-13(11(15)8-19-20)12(21)7-9-3-5-10(6-4-9)14(16,17)18/h3-6,8H,2,7H2,1H3. The first kappa shape index (κ1) is 15.6.